The summed E-state index contributed by atoms with van der Waals surface area (Å²) < 4.78 is 14.5. The van der Waals surface area contributed by atoms with E-state index in [0.717, 1.165) is 38.5 Å². The van der Waals surface area contributed by atoms with Crippen molar-refractivity contribution < 1.29 is 14.0 Å². The zero-order chi connectivity index (χ0) is 17.4. The monoisotopic (exact) mass is 344 g/mol. The minimum Gasteiger partial charge on any atom is -0.351 e. The summed E-state index contributed by atoms with van der Waals surface area (Å²) in [7, 11) is 0. The Labute approximate surface area is 147 Å². The second-order valence-corrected chi connectivity index (χ2v) is 7.63. The van der Waals surface area contributed by atoms with Crippen LogP contribution < -0.4 is 5.32 Å². The first-order valence-corrected chi connectivity index (χ1v) is 9.51. The van der Waals surface area contributed by atoms with Crippen molar-refractivity contribution in [3.8, 4) is 0 Å². The number of hydrogen-bond donors (Lipinski definition) is 1. The van der Waals surface area contributed by atoms with Crippen LogP contribution in [-0.2, 0) is 9.59 Å². The minimum absolute atomic E-state index is 0.0100. The van der Waals surface area contributed by atoms with Gasteiger partial charge >= 0.3 is 0 Å². The van der Waals surface area contributed by atoms with E-state index in [1.54, 1.807) is 12.1 Å². The molecular formula is C20H25FN2O2. The van der Waals surface area contributed by atoms with Crippen molar-refractivity contribution in [2.75, 3.05) is 0 Å². The van der Waals surface area contributed by atoms with E-state index in [2.05, 4.69) is 5.32 Å². The maximum Gasteiger partial charge on any atom is 0.226 e. The summed E-state index contributed by atoms with van der Waals surface area (Å²) in [4.78, 5) is 27.2. The number of hydrogen-bond acceptors (Lipinski definition) is 2. The lowest BCUT2D eigenvalue weighted by molar-refractivity contribution is -0.139. The van der Waals surface area contributed by atoms with Crippen molar-refractivity contribution in [2.24, 2.45) is 5.92 Å². The maximum atomic E-state index is 14.5. The van der Waals surface area contributed by atoms with E-state index in [1.807, 2.05) is 11.0 Å². The van der Waals surface area contributed by atoms with E-state index in [0.29, 0.717) is 18.4 Å². The molecule has 0 aromatic heterocycles. The van der Waals surface area contributed by atoms with Crippen LogP contribution in [0.15, 0.2) is 24.3 Å². The predicted molar refractivity (Wildman–Crippen MR) is 92.1 cm³/mol. The van der Waals surface area contributed by atoms with Crippen molar-refractivity contribution in [1.82, 2.24) is 10.2 Å². The van der Waals surface area contributed by atoms with Gasteiger partial charge < -0.3 is 10.2 Å². The standard InChI is InChI=1S/C20H25FN2O2/c21-15-9-4-3-8-14(15)18-12-16-17(10-5-11-19(24)22-16)23(18)20(25)13-6-1-2-7-13/h3-4,8-9,13,16-18H,1-2,5-7,10-12H2,(H,22,24)/t16-,17+,18+/m1/s1. The topological polar surface area (TPSA) is 49.4 Å². The summed E-state index contributed by atoms with van der Waals surface area (Å²) in [5.74, 6) is 0.0100. The lowest BCUT2D eigenvalue weighted by atomic mass is 10.0. The second-order valence-electron chi connectivity index (χ2n) is 7.63. The number of benzene rings is 1. The molecule has 0 spiro atoms. The molecule has 4 rings (SSSR count). The summed E-state index contributed by atoms with van der Waals surface area (Å²) in [6.07, 6.45) is 6.78. The average molecular weight is 344 g/mol. The molecule has 3 aliphatic rings. The molecule has 1 aliphatic carbocycles. The molecule has 0 bridgehead atoms. The molecule has 2 heterocycles. The molecule has 0 unspecified atom stereocenters. The predicted octanol–water partition coefficient (Wildman–Crippen LogP) is 3.33. The van der Waals surface area contributed by atoms with E-state index in [9.17, 15) is 14.0 Å². The summed E-state index contributed by atoms with van der Waals surface area (Å²) in [6.45, 7) is 0. The Bertz CT molecular complexity index is 671. The molecule has 2 aliphatic heterocycles. The number of carbonyl (C=O) groups is 2. The fourth-order valence-corrected chi connectivity index (χ4v) is 4.91. The van der Waals surface area contributed by atoms with Crippen LogP contribution in [0.3, 0.4) is 0 Å². The van der Waals surface area contributed by atoms with Crippen molar-refractivity contribution >= 4 is 11.8 Å². The van der Waals surface area contributed by atoms with Gasteiger partial charge in [0.1, 0.15) is 5.82 Å². The van der Waals surface area contributed by atoms with Crippen LogP contribution in [0.2, 0.25) is 0 Å². The molecule has 0 radical (unpaired) electrons. The molecule has 25 heavy (non-hydrogen) atoms. The highest BCUT2D eigenvalue weighted by molar-refractivity contribution is 5.81. The van der Waals surface area contributed by atoms with Gasteiger partial charge in [-0.05, 0) is 38.2 Å². The number of halogens is 1. The van der Waals surface area contributed by atoms with Crippen LogP contribution in [0, 0.1) is 11.7 Å². The maximum absolute atomic E-state index is 14.5. The Hall–Kier alpha value is -1.91. The number of carbonyl (C=O) groups excluding carboxylic acids is 2. The van der Waals surface area contributed by atoms with Gasteiger partial charge in [-0.25, -0.2) is 4.39 Å². The van der Waals surface area contributed by atoms with Crippen molar-refractivity contribution in [1.29, 1.82) is 0 Å². The van der Waals surface area contributed by atoms with Crippen molar-refractivity contribution in [3.05, 3.63) is 35.6 Å². The van der Waals surface area contributed by atoms with Gasteiger partial charge in [-0.3, -0.25) is 9.59 Å². The zero-order valence-electron chi connectivity index (χ0n) is 14.4. The molecule has 1 aromatic rings. The third-order valence-corrected chi connectivity index (χ3v) is 6.11. The molecule has 1 saturated carbocycles. The Morgan fingerprint density at radius 3 is 2.64 bits per heavy atom. The fraction of sp³-hybridized carbons (Fsp3) is 0.600. The summed E-state index contributed by atoms with van der Waals surface area (Å²) in [5.41, 5.74) is 0.580. The lowest BCUT2D eigenvalue weighted by Gasteiger charge is -2.33. The highest BCUT2D eigenvalue weighted by Gasteiger charge is 2.47. The molecular weight excluding hydrogens is 319 g/mol. The molecule has 1 N–H and O–H groups in total. The van der Waals surface area contributed by atoms with Crippen LogP contribution in [0.5, 0.6) is 0 Å². The van der Waals surface area contributed by atoms with Gasteiger partial charge in [-0.2, -0.15) is 0 Å². The van der Waals surface area contributed by atoms with Gasteiger partial charge in [-0.1, -0.05) is 31.0 Å². The number of rotatable bonds is 2. The van der Waals surface area contributed by atoms with E-state index < -0.39 is 0 Å². The Kier molecular flexibility index (Phi) is 4.48. The summed E-state index contributed by atoms with van der Waals surface area (Å²) >= 11 is 0. The zero-order valence-corrected chi connectivity index (χ0v) is 14.4. The first-order chi connectivity index (χ1) is 12.1. The van der Waals surface area contributed by atoms with Gasteiger partial charge in [0.2, 0.25) is 11.8 Å². The van der Waals surface area contributed by atoms with Crippen molar-refractivity contribution in [2.45, 2.75) is 69.5 Å². The fourth-order valence-electron chi connectivity index (χ4n) is 4.91. The summed E-state index contributed by atoms with van der Waals surface area (Å²) in [5, 5.41) is 3.08. The van der Waals surface area contributed by atoms with Gasteiger partial charge in [0, 0.05) is 17.9 Å². The number of nitrogens with zero attached hydrogens (tertiary/aromatic N) is 1. The van der Waals surface area contributed by atoms with Gasteiger partial charge in [-0.15, -0.1) is 0 Å². The number of likely N-dealkylation sites (tertiary alicyclic amines) is 1. The SMILES string of the molecule is O=C1CCC[C@H]2[C@@H](C[C@@H](c3ccccc3F)N2C(=O)C2CCCC2)N1. The van der Waals surface area contributed by atoms with Gasteiger partial charge in [0.05, 0.1) is 18.1 Å². The average Bonchev–Trinajstić information content (AvgIpc) is 3.20. The molecule has 2 amide bonds. The summed E-state index contributed by atoms with van der Waals surface area (Å²) in [6, 6.07) is 6.39. The molecule has 3 fully saturated rings. The molecule has 1 aromatic carbocycles. The first kappa shape index (κ1) is 16.6. The van der Waals surface area contributed by atoms with Crippen LogP contribution in [0.4, 0.5) is 4.39 Å². The smallest absolute Gasteiger partial charge is 0.226 e. The van der Waals surface area contributed by atoms with E-state index in [4.69, 9.17) is 0 Å². The van der Waals surface area contributed by atoms with Crippen LogP contribution >= 0.6 is 0 Å². The van der Waals surface area contributed by atoms with Gasteiger partial charge in [0.15, 0.2) is 0 Å². The lowest BCUT2D eigenvalue weighted by Crippen LogP contribution is -2.46. The highest BCUT2D eigenvalue weighted by Crippen LogP contribution is 2.42. The Morgan fingerprint density at radius 2 is 1.88 bits per heavy atom. The third kappa shape index (κ3) is 3.05. The quantitative estimate of drug-likeness (QED) is 0.895. The van der Waals surface area contributed by atoms with E-state index in [-0.39, 0.29) is 41.7 Å². The third-order valence-electron chi connectivity index (χ3n) is 6.11. The molecule has 134 valence electrons. The second kappa shape index (κ2) is 6.77. The molecule has 4 nitrogen and oxygen atoms in total. The number of fused-ring (bicyclic) bond motifs is 1. The van der Waals surface area contributed by atoms with Crippen LogP contribution in [0.1, 0.15) is 63.0 Å². The van der Waals surface area contributed by atoms with Crippen molar-refractivity contribution in [3.63, 3.8) is 0 Å². The molecule has 5 heteroatoms. The van der Waals surface area contributed by atoms with E-state index >= 15 is 0 Å². The molecule has 2 saturated heterocycles. The number of nitrogens with one attached hydrogen (secondary N) is 1. The highest BCUT2D eigenvalue weighted by atomic mass is 19.1. The molecule has 3 atom stereocenters. The first-order valence-electron chi connectivity index (χ1n) is 9.51. The van der Waals surface area contributed by atoms with Crippen LogP contribution in [-0.4, -0.2) is 28.8 Å². The normalized spacial score (nSPS) is 30.0. The Morgan fingerprint density at radius 1 is 1.12 bits per heavy atom. The number of amides is 2. The van der Waals surface area contributed by atoms with Gasteiger partial charge in [0.25, 0.3) is 0 Å². The van der Waals surface area contributed by atoms with Crippen LogP contribution in [0.25, 0.3) is 0 Å². The minimum atomic E-state index is -0.275. The Balaban J connectivity index is 1.69. The van der Waals surface area contributed by atoms with E-state index in [1.165, 1.54) is 6.07 Å². The largest absolute Gasteiger partial charge is 0.351 e.